The van der Waals surface area contributed by atoms with Crippen LogP contribution in [-0.4, -0.2) is 15.9 Å². The minimum Gasteiger partial charge on any atom is -0.330 e. The van der Waals surface area contributed by atoms with E-state index in [-0.39, 0.29) is 5.41 Å². The average Bonchev–Trinajstić information content (AvgIpc) is 2.67. The monoisotopic (exact) mass is 228 g/mol. The number of hydrogen-bond donors (Lipinski definition) is 1. The first-order valence-corrected chi connectivity index (χ1v) is 5.63. The zero-order valence-corrected chi connectivity index (χ0v) is 10.1. The van der Waals surface area contributed by atoms with Gasteiger partial charge in [-0.1, -0.05) is 19.9 Å². The van der Waals surface area contributed by atoms with Crippen molar-refractivity contribution in [2.75, 3.05) is 6.54 Å². The third kappa shape index (κ3) is 2.15. The average molecular weight is 228 g/mol. The molecule has 0 atom stereocenters. The fourth-order valence-electron chi connectivity index (χ4n) is 1.81. The fourth-order valence-corrected chi connectivity index (χ4v) is 1.81. The first-order valence-electron chi connectivity index (χ1n) is 5.63. The summed E-state index contributed by atoms with van der Waals surface area (Å²) in [5, 5.41) is 9.05. The van der Waals surface area contributed by atoms with Crippen molar-refractivity contribution in [3.05, 3.63) is 35.9 Å². The predicted octanol–water partition coefficient (Wildman–Crippen LogP) is 1.73. The summed E-state index contributed by atoms with van der Waals surface area (Å²) >= 11 is 0. The van der Waals surface area contributed by atoms with Gasteiger partial charge in [-0.3, -0.25) is 0 Å². The molecule has 0 aliphatic carbocycles. The zero-order chi connectivity index (χ0) is 12.5. The van der Waals surface area contributed by atoms with E-state index in [2.05, 4.69) is 24.9 Å². The second kappa shape index (κ2) is 4.19. The molecule has 0 saturated heterocycles. The normalized spacial score (nSPS) is 11.6. The van der Waals surface area contributed by atoms with Gasteiger partial charge in [0.1, 0.15) is 11.9 Å². The number of rotatable bonds is 3. The fraction of sp³-hybridized carbons (Fsp3) is 0.385. The van der Waals surface area contributed by atoms with Crippen molar-refractivity contribution in [1.82, 2.24) is 9.38 Å². The van der Waals surface area contributed by atoms with Crippen molar-refractivity contribution in [3.63, 3.8) is 0 Å². The summed E-state index contributed by atoms with van der Waals surface area (Å²) in [4.78, 5) is 4.39. The standard InChI is InChI=1S/C13H16N4/c1-13(2,9-15)7-12-16-10(8-14)11-5-3-4-6-17(11)12/h3-6H,7,9,15H2,1-2H3. The van der Waals surface area contributed by atoms with Gasteiger partial charge < -0.3 is 10.1 Å². The van der Waals surface area contributed by atoms with Crippen molar-refractivity contribution in [1.29, 1.82) is 5.26 Å². The SMILES string of the molecule is CC(C)(CN)Cc1nc(C#N)c2ccccn12. The van der Waals surface area contributed by atoms with Crippen molar-refractivity contribution >= 4 is 5.52 Å². The third-order valence-corrected chi connectivity index (χ3v) is 2.92. The molecule has 2 heterocycles. The van der Waals surface area contributed by atoms with E-state index in [9.17, 15) is 0 Å². The van der Waals surface area contributed by atoms with Crippen molar-refractivity contribution in [3.8, 4) is 6.07 Å². The molecular weight excluding hydrogens is 212 g/mol. The molecule has 0 radical (unpaired) electrons. The van der Waals surface area contributed by atoms with E-state index in [0.29, 0.717) is 12.2 Å². The Morgan fingerprint density at radius 3 is 2.88 bits per heavy atom. The maximum absolute atomic E-state index is 9.05. The molecule has 4 nitrogen and oxygen atoms in total. The van der Waals surface area contributed by atoms with E-state index in [1.165, 1.54) is 0 Å². The Balaban J connectivity index is 2.52. The highest BCUT2D eigenvalue weighted by Crippen LogP contribution is 2.21. The molecule has 4 heteroatoms. The summed E-state index contributed by atoms with van der Waals surface area (Å²) in [7, 11) is 0. The highest BCUT2D eigenvalue weighted by atomic mass is 15.0. The number of hydrogen-bond acceptors (Lipinski definition) is 3. The Kier molecular flexibility index (Phi) is 2.86. The van der Waals surface area contributed by atoms with E-state index in [1.807, 2.05) is 28.8 Å². The molecule has 0 spiro atoms. The molecule has 0 aliphatic heterocycles. The summed E-state index contributed by atoms with van der Waals surface area (Å²) in [5.74, 6) is 0.896. The minimum absolute atomic E-state index is 0.0101. The van der Waals surface area contributed by atoms with Gasteiger partial charge in [-0.25, -0.2) is 4.98 Å². The van der Waals surface area contributed by atoms with Gasteiger partial charge in [-0.15, -0.1) is 0 Å². The maximum atomic E-state index is 9.05. The lowest BCUT2D eigenvalue weighted by Crippen LogP contribution is -2.26. The molecule has 2 aromatic heterocycles. The maximum Gasteiger partial charge on any atom is 0.166 e. The number of fused-ring (bicyclic) bond motifs is 1. The predicted molar refractivity (Wildman–Crippen MR) is 66.4 cm³/mol. The number of nitrogens with zero attached hydrogens (tertiary/aromatic N) is 3. The second-order valence-corrected chi connectivity index (χ2v) is 4.99. The van der Waals surface area contributed by atoms with Crippen molar-refractivity contribution in [2.45, 2.75) is 20.3 Å². The number of pyridine rings is 1. The van der Waals surface area contributed by atoms with Crippen LogP contribution in [0.2, 0.25) is 0 Å². The molecule has 2 rings (SSSR count). The first kappa shape index (κ1) is 11.6. The van der Waals surface area contributed by atoms with Crippen molar-refractivity contribution < 1.29 is 0 Å². The van der Waals surface area contributed by atoms with Crippen LogP contribution in [-0.2, 0) is 6.42 Å². The van der Waals surface area contributed by atoms with Gasteiger partial charge in [0.2, 0.25) is 0 Å². The van der Waals surface area contributed by atoms with Gasteiger partial charge in [-0.2, -0.15) is 5.26 Å². The van der Waals surface area contributed by atoms with Crippen LogP contribution >= 0.6 is 0 Å². The van der Waals surface area contributed by atoms with Crippen LogP contribution in [0, 0.1) is 16.7 Å². The molecule has 0 amide bonds. The highest BCUT2D eigenvalue weighted by Gasteiger charge is 2.20. The Labute approximate surface area is 101 Å². The van der Waals surface area contributed by atoms with E-state index >= 15 is 0 Å². The van der Waals surface area contributed by atoms with Crippen LogP contribution in [0.1, 0.15) is 25.4 Å². The summed E-state index contributed by atoms with van der Waals surface area (Å²) in [5.41, 5.74) is 7.06. The largest absolute Gasteiger partial charge is 0.330 e. The van der Waals surface area contributed by atoms with Crippen LogP contribution in [0.5, 0.6) is 0 Å². The van der Waals surface area contributed by atoms with E-state index < -0.39 is 0 Å². The number of aromatic nitrogens is 2. The van der Waals surface area contributed by atoms with E-state index in [0.717, 1.165) is 17.8 Å². The van der Waals surface area contributed by atoms with Gasteiger partial charge >= 0.3 is 0 Å². The molecule has 0 unspecified atom stereocenters. The Hall–Kier alpha value is -1.86. The molecule has 88 valence electrons. The molecule has 17 heavy (non-hydrogen) atoms. The first-order chi connectivity index (χ1) is 8.07. The lowest BCUT2D eigenvalue weighted by molar-refractivity contribution is 0.367. The Morgan fingerprint density at radius 2 is 2.24 bits per heavy atom. The topological polar surface area (TPSA) is 67.1 Å². The summed E-state index contributed by atoms with van der Waals surface area (Å²) in [6, 6.07) is 7.89. The molecular formula is C13H16N4. The van der Waals surface area contributed by atoms with Gasteiger partial charge in [0.05, 0.1) is 5.52 Å². The van der Waals surface area contributed by atoms with Gasteiger partial charge in [0.15, 0.2) is 5.69 Å². The molecule has 0 aliphatic rings. The molecule has 0 fully saturated rings. The van der Waals surface area contributed by atoms with E-state index in [4.69, 9.17) is 11.0 Å². The highest BCUT2D eigenvalue weighted by molar-refractivity contribution is 5.58. The van der Waals surface area contributed by atoms with Gasteiger partial charge in [-0.05, 0) is 24.1 Å². The lowest BCUT2D eigenvalue weighted by Gasteiger charge is -2.21. The van der Waals surface area contributed by atoms with Gasteiger partial charge in [0.25, 0.3) is 0 Å². The molecule has 2 N–H and O–H groups in total. The lowest BCUT2D eigenvalue weighted by atomic mass is 9.89. The third-order valence-electron chi connectivity index (χ3n) is 2.92. The number of nitrogens with two attached hydrogens (primary N) is 1. The number of nitriles is 1. The molecule has 0 aromatic carbocycles. The van der Waals surface area contributed by atoms with Crippen LogP contribution < -0.4 is 5.73 Å². The quantitative estimate of drug-likeness (QED) is 0.870. The summed E-state index contributed by atoms with van der Waals surface area (Å²) in [6.07, 6.45) is 2.70. The minimum atomic E-state index is -0.0101. The van der Waals surface area contributed by atoms with Crippen LogP contribution in [0.3, 0.4) is 0 Å². The Bertz CT molecular complexity index is 575. The van der Waals surface area contributed by atoms with Crippen LogP contribution in [0.4, 0.5) is 0 Å². The smallest absolute Gasteiger partial charge is 0.166 e. The van der Waals surface area contributed by atoms with Gasteiger partial charge in [0, 0.05) is 12.6 Å². The van der Waals surface area contributed by atoms with Crippen molar-refractivity contribution in [2.24, 2.45) is 11.1 Å². The molecule has 0 saturated carbocycles. The molecule has 2 aromatic rings. The molecule has 0 bridgehead atoms. The second-order valence-electron chi connectivity index (χ2n) is 4.99. The zero-order valence-electron chi connectivity index (χ0n) is 10.1. The number of imidazole rings is 1. The van der Waals surface area contributed by atoms with Crippen LogP contribution in [0.25, 0.3) is 5.52 Å². The summed E-state index contributed by atoms with van der Waals surface area (Å²) < 4.78 is 1.97. The summed E-state index contributed by atoms with van der Waals surface area (Å²) in [6.45, 7) is 4.79. The Morgan fingerprint density at radius 1 is 1.47 bits per heavy atom. The van der Waals surface area contributed by atoms with Crippen LogP contribution in [0.15, 0.2) is 24.4 Å². The van der Waals surface area contributed by atoms with E-state index in [1.54, 1.807) is 0 Å².